The average molecular weight is 216 g/mol. The first-order valence-corrected chi connectivity index (χ1v) is 4.89. The zero-order chi connectivity index (χ0) is 12.0. The molecule has 1 aliphatic heterocycles. The molecule has 1 rings (SSSR count). The highest BCUT2D eigenvalue weighted by atomic mass is 15.3. The van der Waals surface area contributed by atoms with Gasteiger partial charge in [0.2, 0.25) is 0 Å². The molecular weight excluding hydrogens is 204 g/mol. The van der Waals surface area contributed by atoms with Gasteiger partial charge < -0.3 is 0 Å². The maximum atomic E-state index is 8.80. The molecule has 0 aromatic carbocycles. The molecule has 1 unspecified atom stereocenters. The van der Waals surface area contributed by atoms with E-state index in [0.717, 1.165) is 0 Å². The van der Waals surface area contributed by atoms with Crippen LogP contribution in [0.15, 0.2) is 4.99 Å². The van der Waals surface area contributed by atoms with Crippen molar-refractivity contribution in [2.45, 2.75) is 12.2 Å². The summed E-state index contributed by atoms with van der Waals surface area (Å²) in [4.78, 5) is 7.39. The van der Waals surface area contributed by atoms with E-state index in [1.807, 2.05) is 23.1 Å². The van der Waals surface area contributed by atoms with Crippen molar-refractivity contribution < 1.29 is 0 Å². The second-order valence-corrected chi connectivity index (χ2v) is 3.42. The van der Waals surface area contributed by atoms with Crippen LogP contribution in [0.1, 0.15) is 0 Å². The van der Waals surface area contributed by atoms with Crippen molar-refractivity contribution >= 4 is 6.72 Å². The van der Waals surface area contributed by atoms with Crippen LogP contribution in [-0.4, -0.2) is 54.9 Å². The maximum Gasteiger partial charge on any atom is 0.189 e. The number of rotatable bonds is 3. The van der Waals surface area contributed by atoms with Gasteiger partial charge in [0.25, 0.3) is 0 Å². The number of aliphatic imine (C=N–C) groups is 1. The average Bonchev–Trinajstić information content (AvgIpc) is 2.34. The molecule has 0 N–H and O–H groups in total. The van der Waals surface area contributed by atoms with Crippen LogP contribution in [0.3, 0.4) is 0 Å². The lowest BCUT2D eigenvalue weighted by molar-refractivity contribution is 0.113. The minimum absolute atomic E-state index is 0.523. The Kier molecular flexibility index (Phi) is 4.42. The van der Waals surface area contributed by atoms with Crippen molar-refractivity contribution in [3.63, 3.8) is 0 Å². The number of nitrogens with zero attached hydrogens (tertiary/aromatic N) is 6. The van der Waals surface area contributed by atoms with Crippen LogP contribution in [0.2, 0.25) is 0 Å². The van der Waals surface area contributed by atoms with E-state index >= 15 is 0 Å². The molecular formula is C10H12N6. The molecule has 1 fully saturated rings. The summed E-state index contributed by atoms with van der Waals surface area (Å²) in [5.41, 5.74) is 0. The van der Waals surface area contributed by atoms with Crippen LogP contribution in [0.25, 0.3) is 0 Å². The second kappa shape index (κ2) is 5.82. The van der Waals surface area contributed by atoms with Gasteiger partial charge in [0.05, 0.1) is 12.1 Å². The third kappa shape index (κ3) is 2.55. The zero-order valence-electron chi connectivity index (χ0n) is 8.87. The Balaban J connectivity index is 2.53. The summed E-state index contributed by atoms with van der Waals surface area (Å²) < 4.78 is 0. The molecule has 0 spiro atoms. The smallest absolute Gasteiger partial charge is 0.189 e. The van der Waals surface area contributed by atoms with Crippen LogP contribution in [-0.2, 0) is 0 Å². The molecule has 6 nitrogen and oxygen atoms in total. The van der Waals surface area contributed by atoms with Crippen molar-refractivity contribution in [2.24, 2.45) is 4.99 Å². The zero-order valence-corrected chi connectivity index (χ0v) is 8.87. The Labute approximate surface area is 94.6 Å². The normalized spacial score (nSPS) is 19.4. The van der Waals surface area contributed by atoms with Gasteiger partial charge in [-0.2, -0.15) is 15.8 Å². The molecule has 0 aromatic rings. The third-order valence-electron chi connectivity index (χ3n) is 2.59. The summed E-state index contributed by atoms with van der Waals surface area (Å²) in [7, 11) is 0. The molecule has 6 heteroatoms. The van der Waals surface area contributed by atoms with Gasteiger partial charge in [-0.15, -0.1) is 0 Å². The Morgan fingerprint density at radius 2 is 1.44 bits per heavy atom. The van der Waals surface area contributed by atoms with Crippen molar-refractivity contribution in [1.29, 1.82) is 15.8 Å². The summed E-state index contributed by atoms with van der Waals surface area (Å²) in [6.07, 6.45) is -0.523. The first-order valence-electron chi connectivity index (χ1n) is 4.89. The number of piperazine rings is 1. The van der Waals surface area contributed by atoms with Gasteiger partial charge in [0, 0.05) is 26.2 Å². The van der Waals surface area contributed by atoms with E-state index in [4.69, 9.17) is 15.8 Å². The molecule has 0 saturated carbocycles. The lowest BCUT2D eigenvalue weighted by Crippen LogP contribution is -2.52. The van der Waals surface area contributed by atoms with E-state index in [1.165, 1.54) is 0 Å². The van der Waals surface area contributed by atoms with E-state index in [2.05, 4.69) is 11.7 Å². The highest BCUT2D eigenvalue weighted by Gasteiger charge is 2.26. The molecule has 1 saturated heterocycles. The van der Waals surface area contributed by atoms with E-state index in [9.17, 15) is 0 Å². The quantitative estimate of drug-likeness (QED) is 0.597. The SMILES string of the molecule is C=NC(C#N)N1CCN(C(C#N)C#N)CC1. The Morgan fingerprint density at radius 3 is 1.81 bits per heavy atom. The van der Waals surface area contributed by atoms with E-state index < -0.39 is 12.2 Å². The molecule has 0 radical (unpaired) electrons. The molecule has 0 bridgehead atoms. The lowest BCUT2D eigenvalue weighted by Gasteiger charge is -2.35. The van der Waals surface area contributed by atoms with Crippen LogP contribution in [0.5, 0.6) is 0 Å². The number of nitriles is 3. The van der Waals surface area contributed by atoms with Crippen molar-refractivity contribution in [2.75, 3.05) is 26.2 Å². The summed E-state index contributed by atoms with van der Waals surface area (Å²) in [5, 5.41) is 26.3. The fraction of sp³-hybridized carbons (Fsp3) is 0.600. The van der Waals surface area contributed by atoms with Gasteiger partial charge in [0.15, 0.2) is 12.2 Å². The van der Waals surface area contributed by atoms with Crippen LogP contribution in [0.4, 0.5) is 0 Å². The van der Waals surface area contributed by atoms with E-state index in [1.54, 1.807) is 4.90 Å². The lowest BCUT2D eigenvalue weighted by atomic mass is 10.2. The Morgan fingerprint density at radius 1 is 0.938 bits per heavy atom. The third-order valence-corrected chi connectivity index (χ3v) is 2.59. The highest BCUT2D eigenvalue weighted by molar-refractivity contribution is 5.25. The number of hydrogen-bond acceptors (Lipinski definition) is 6. The summed E-state index contributed by atoms with van der Waals surface area (Å²) in [6.45, 7) is 5.80. The van der Waals surface area contributed by atoms with E-state index in [-0.39, 0.29) is 0 Å². The van der Waals surface area contributed by atoms with Gasteiger partial charge in [-0.3, -0.25) is 14.8 Å². The fourth-order valence-electron chi connectivity index (χ4n) is 1.67. The predicted octanol–water partition coefficient (Wildman–Crippen LogP) is -0.430. The Bertz CT molecular complexity index is 348. The highest BCUT2D eigenvalue weighted by Crippen LogP contribution is 2.09. The minimum Gasteiger partial charge on any atom is -0.274 e. The van der Waals surface area contributed by atoms with Gasteiger partial charge in [-0.05, 0) is 6.72 Å². The monoisotopic (exact) mass is 216 g/mol. The second-order valence-electron chi connectivity index (χ2n) is 3.42. The molecule has 0 aliphatic carbocycles. The number of hydrogen-bond donors (Lipinski definition) is 0. The molecule has 82 valence electrons. The molecule has 1 aliphatic rings. The van der Waals surface area contributed by atoms with Gasteiger partial charge in [0.1, 0.15) is 6.07 Å². The van der Waals surface area contributed by atoms with Gasteiger partial charge in [-0.25, -0.2) is 0 Å². The van der Waals surface area contributed by atoms with Crippen molar-refractivity contribution in [3.05, 3.63) is 0 Å². The molecule has 0 amide bonds. The van der Waals surface area contributed by atoms with Gasteiger partial charge >= 0.3 is 0 Å². The first kappa shape index (κ1) is 12.1. The Hall–Kier alpha value is -1.94. The largest absolute Gasteiger partial charge is 0.274 e. The first-order chi connectivity index (χ1) is 7.76. The summed E-state index contributed by atoms with van der Waals surface area (Å²) in [5.74, 6) is 0. The summed E-state index contributed by atoms with van der Waals surface area (Å²) in [6, 6.07) is 5.22. The van der Waals surface area contributed by atoms with Crippen LogP contribution in [0, 0.1) is 34.0 Å². The van der Waals surface area contributed by atoms with Crippen molar-refractivity contribution in [3.8, 4) is 18.2 Å². The topological polar surface area (TPSA) is 90.2 Å². The van der Waals surface area contributed by atoms with Crippen LogP contribution < -0.4 is 0 Å². The molecule has 1 atom stereocenters. The predicted molar refractivity (Wildman–Crippen MR) is 57.1 cm³/mol. The minimum atomic E-state index is -0.695. The molecule has 16 heavy (non-hydrogen) atoms. The molecule has 1 heterocycles. The maximum absolute atomic E-state index is 8.80. The van der Waals surface area contributed by atoms with Crippen molar-refractivity contribution in [1.82, 2.24) is 9.80 Å². The van der Waals surface area contributed by atoms with E-state index in [0.29, 0.717) is 26.2 Å². The van der Waals surface area contributed by atoms with Gasteiger partial charge in [-0.1, -0.05) is 0 Å². The van der Waals surface area contributed by atoms with Crippen LogP contribution >= 0.6 is 0 Å². The summed E-state index contributed by atoms with van der Waals surface area (Å²) >= 11 is 0. The molecule has 0 aromatic heterocycles. The fourth-order valence-corrected chi connectivity index (χ4v) is 1.67. The standard InChI is InChI=1S/C10H12N6/c1-14-10(8-13)16-4-2-15(3-5-16)9(6-11)7-12/h9-10H,1-5H2.